The molecule has 0 aliphatic heterocycles. The number of hydrogen-bond donors (Lipinski definition) is 3. The summed E-state index contributed by atoms with van der Waals surface area (Å²) in [5, 5.41) is 18.2. The molecule has 1 aromatic carbocycles. The summed E-state index contributed by atoms with van der Waals surface area (Å²) in [7, 11) is 0. The number of oxime groups is 1. The van der Waals surface area contributed by atoms with Crippen molar-refractivity contribution in [1.82, 2.24) is 10.3 Å². The first kappa shape index (κ1) is 13.5. The van der Waals surface area contributed by atoms with E-state index in [1.165, 1.54) is 0 Å². The van der Waals surface area contributed by atoms with Crippen molar-refractivity contribution in [2.24, 2.45) is 10.9 Å². The van der Waals surface area contributed by atoms with Crippen molar-refractivity contribution in [1.29, 1.82) is 0 Å². The SMILES string of the molecule is Cc1nc(CNCc2ccccc2C(N)=NO)cs1. The molecule has 0 aliphatic rings. The molecule has 2 aromatic rings. The second-order valence-corrected chi connectivity index (χ2v) is 5.17. The average molecular weight is 276 g/mol. The number of thiazole rings is 1. The maximum absolute atomic E-state index is 8.75. The predicted molar refractivity (Wildman–Crippen MR) is 76.3 cm³/mol. The molecule has 4 N–H and O–H groups in total. The molecule has 6 heteroatoms. The molecule has 0 bridgehead atoms. The third-order valence-electron chi connectivity index (χ3n) is 2.69. The Kier molecular flexibility index (Phi) is 4.48. The highest BCUT2D eigenvalue weighted by atomic mass is 32.1. The second-order valence-electron chi connectivity index (χ2n) is 4.10. The fourth-order valence-corrected chi connectivity index (χ4v) is 2.41. The lowest BCUT2D eigenvalue weighted by Gasteiger charge is -2.08. The van der Waals surface area contributed by atoms with Crippen molar-refractivity contribution >= 4 is 17.2 Å². The Balaban J connectivity index is 2.00. The first-order chi connectivity index (χ1) is 9.20. The fourth-order valence-electron chi connectivity index (χ4n) is 1.79. The summed E-state index contributed by atoms with van der Waals surface area (Å²) >= 11 is 1.64. The van der Waals surface area contributed by atoms with Gasteiger partial charge < -0.3 is 16.3 Å². The number of nitrogens with two attached hydrogens (primary N) is 1. The number of nitrogens with zero attached hydrogens (tertiary/aromatic N) is 2. The van der Waals surface area contributed by atoms with E-state index in [2.05, 4.69) is 15.5 Å². The van der Waals surface area contributed by atoms with Gasteiger partial charge in [0, 0.05) is 24.0 Å². The van der Waals surface area contributed by atoms with E-state index in [1.54, 1.807) is 11.3 Å². The highest BCUT2D eigenvalue weighted by molar-refractivity contribution is 7.09. The van der Waals surface area contributed by atoms with Gasteiger partial charge >= 0.3 is 0 Å². The third-order valence-corrected chi connectivity index (χ3v) is 3.51. The van der Waals surface area contributed by atoms with Crippen molar-refractivity contribution in [3.63, 3.8) is 0 Å². The van der Waals surface area contributed by atoms with Crippen LogP contribution in [0.25, 0.3) is 0 Å². The minimum atomic E-state index is 0.127. The van der Waals surface area contributed by atoms with Crippen LogP contribution in [0.4, 0.5) is 0 Å². The van der Waals surface area contributed by atoms with E-state index in [1.807, 2.05) is 36.6 Å². The summed E-state index contributed by atoms with van der Waals surface area (Å²) in [6, 6.07) is 7.57. The number of rotatable bonds is 5. The van der Waals surface area contributed by atoms with Gasteiger partial charge in [-0.1, -0.05) is 29.4 Å². The van der Waals surface area contributed by atoms with Gasteiger partial charge in [0.25, 0.3) is 0 Å². The summed E-state index contributed by atoms with van der Waals surface area (Å²) < 4.78 is 0. The van der Waals surface area contributed by atoms with E-state index in [0.717, 1.165) is 21.8 Å². The topological polar surface area (TPSA) is 83.5 Å². The van der Waals surface area contributed by atoms with Crippen LogP contribution in [0.15, 0.2) is 34.8 Å². The Morgan fingerprint density at radius 3 is 2.89 bits per heavy atom. The smallest absolute Gasteiger partial charge is 0.170 e. The Morgan fingerprint density at radius 2 is 2.21 bits per heavy atom. The molecule has 1 heterocycles. The highest BCUT2D eigenvalue weighted by Gasteiger charge is 2.06. The molecule has 0 saturated carbocycles. The quantitative estimate of drug-likeness (QED) is 0.337. The second kappa shape index (κ2) is 6.31. The van der Waals surface area contributed by atoms with Crippen molar-refractivity contribution in [3.8, 4) is 0 Å². The molecule has 19 heavy (non-hydrogen) atoms. The summed E-state index contributed by atoms with van der Waals surface area (Å²) in [4.78, 5) is 4.38. The van der Waals surface area contributed by atoms with Gasteiger partial charge in [-0.25, -0.2) is 4.98 Å². The number of aryl methyl sites for hydroxylation is 1. The predicted octanol–water partition coefficient (Wildman–Crippen LogP) is 1.84. The maximum Gasteiger partial charge on any atom is 0.170 e. The first-order valence-corrected chi connectivity index (χ1v) is 6.76. The molecular formula is C13H16N4OS. The number of nitrogens with one attached hydrogen (secondary N) is 1. The first-order valence-electron chi connectivity index (χ1n) is 5.88. The number of aromatic nitrogens is 1. The van der Waals surface area contributed by atoms with Crippen LogP contribution in [-0.4, -0.2) is 16.0 Å². The molecule has 0 saturated heterocycles. The van der Waals surface area contributed by atoms with E-state index in [-0.39, 0.29) is 5.84 Å². The fraction of sp³-hybridized carbons (Fsp3) is 0.231. The Hall–Kier alpha value is -1.92. The number of hydrogen-bond acceptors (Lipinski definition) is 5. The summed E-state index contributed by atoms with van der Waals surface area (Å²) in [6.07, 6.45) is 0. The van der Waals surface area contributed by atoms with Crippen molar-refractivity contribution in [2.45, 2.75) is 20.0 Å². The molecule has 0 aliphatic carbocycles. The van der Waals surface area contributed by atoms with E-state index >= 15 is 0 Å². The van der Waals surface area contributed by atoms with Crippen LogP contribution >= 0.6 is 11.3 Å². The Labute approximate surface area is 115 Å². The van der Waals surface area contributed by atoms with Crippen molar-refractivity contribution in [2.75, 3.05) is 0 Å². The minimum Gasteiger partial charge on any atom is -0.409 e. The maximum atomic E-state index is 8.75. The van der Waals surface area contributed by atoms with Gasteiger partial charge in [-0.3, -0.25) is 0 Å². The standard InChI is InChI=1S/C13H16N4OS/c1-9-16-11(8-19-9)7-15-6-10-4-2-3-5-12(10)13(14)17-18/h2-5,8,15,18H,6-7H2,1H3,(H2,14,17). The number of amidine groups is 1. The van der Waals surface area contributed by atoms with Gasteiger partial charge in [-0.2, -0.15) is 0 Å². The third kappa shape index (κ3) is 3.52. The Bertz CT molecular complexity index is 580. The van der Waals surface area contributed by atoms with Crippen LogP contribution in [0, 0.1) is 6.92 Å². The Morgan fingerprint density at radius 1 is 1.42 bits per heavy atom. The molecular weight excluding hydrogens is 260 g/mol. The molecule has 2 rings (SSSR count). The molecule has 5 nitrogen and oxygen atoms in total. The van der Waals surface area contributed by atoms with Gasteiger partial charge in [0.2, 0.25) is 0 Å². The van der Waals surface area contributed by atoms with E-state index < -0.39 is 0 Å². The lowest BCUT2D eigenvalue weighted by atomic mass is 10.1. The molecule has 0 amide bonds. The van der Waals surface area contributed by atoms with Gasteiger partial charge in [0.15, 0.2) is 5.84 Å². The monoisotopic (exact) mass is 276 g/mol. The number of benzene rings is 1. The van der Waals surface area contributed by atoms with Crippen LogP contribution in [0.1, 0.15) is 21.8 Å². The zero-order valence-electron chi connectivity index (χ0n) is 10.6. The van der Waals surface area contributed by atoms with Gasteiger partial charge in [-0.15, -0.1) is 11.3 Å². The molecule has 0 fully saturated rings. The molecule has 100 valence electrons. The van der Waals surface area contributed by atoms with Crippen LogP contribution in [0.2, 0.25) is 0 Å². The highest BCUT2D eigenvalue weighted by Crippen LogP contribution is 2.10. The van der Waals surface area contributed by atoms with Gasteiger partial charge in [-0.05, 0) is 12.5 Å². The molecule has 0 radical (unpaired) electrons. The lowest BCUT2D eigenvalue weighted by molar-refractivity contribution is 0.318. The van der Waals surface area contributed by atoms with Crippen LogP contribution in [-0.2, 0) is 13.1 Å². The molecule has 0 unspecified atom stereocenters. The lowest BCUT2D eigenvalue weighted by Crippen LogP contribution is -2.19. The normalized spacial score (nSPS) is 11.7. The van der Waals surface area contributed by atoms with E-state index in [4.69, 9.17) is 10.9 Å². The van der Waals surface area contributed by atoms with E-state index in [9.17, 15) is 0 Å². The summed E-state index contributed by atoms with van der Waals surface area (Å²) in [5.41, 5.74) is 8.41. The van der Waals surface area contributed by atoms with Gasteiger partial charge in [0.1, 0.15) is 0 Å². The molecule has 1 aromatic heterocycles. The van der Waals surface area contributed by atoms with Crippen molar-refractivity contribution < 1.29 is 5.21 Å². The zero-order valence-corrected chi connectivity index (χ0v) is 11.4. The van der Waals surface area contributed by atoms with Crippen LogP contribution < -0.4 is 11.1 Å². The average Bonchev–Trinajstić information content (AvgIpc) is 2.84. The minimum absolute atomic E-state index is 0.127. The zero-order chi connectivity index (χ0) is 13.7. The van der Waals surface area contributed by atoms with Gasteiger partial charge in [0.05, 0.1) is 10.7 Å². The molecule has 0 spiro atoms. The van der Waals surface area contributed by atoms with E-state index in [0.29, 0.717) is 13.1 Å². The molecule has 0 atom stereocenters. The summed E-state index contributed by atoms with van der Waals surface area (Å²) in [5.74, 6) is 0.127. The van der Waals surface area contributed by atoms with Crippen LogP contribution in [0.3, 0.4) is 0 Å². The summed E-state index contributed by atoms with van der Waals surface area (Å²) in [6.45, 7) is 3.33. The van der Waals surface area contributed by atoms with Crippen LogP contribution in [0.5, 0.6) is 0 Å². The largest absolute Gasteiger partial charge is 0.409 e. The van der Waals surface area contributed by atoms with Crippen molar-refractivity contribution in [3.05, 3.63) is 51.5 Å².